The van der Waals surface area contributed by atoms with Crippen molar-refractivity contribution in [3.63, 3.8) is 0 Å². The third kappa shape index (κ3) is 3.88. The van der Waals surface area contributed by atoms with Crippen molar-refractivity contribution in [2.45, 2.75) is 0 Å². The van der Waals surface area contributed by atoms with Gasteiger partial charge >= 0.3 is 7.32 Å². The van der Waals surface area contributed by atoms with Crippen LogP contribution in [0.25, 0.3) is 64.6 Å². The third-order valence-corrected chi connectivity index (χ3v) is 6.79. The van der Waals surface area contributed by atoms with Crippen LogP contribution in [-0.2, 0) is 0 Å². The van der Waals surface area contributed by atoms with Crippen molar-refractivity contribution >= 4 is 72.0 Å². The average molecular weight is 466 g/mol. The van der Waals surface area contributed by atoms with Gasteiger partial charge in [-0.15, -0.1) is 0 Å². The van der Waals surface area contributed by atoms with Crippen LogP contribution in [0.5, 0.6) is 0 Å². The van der Waals surface area contributed by atoms with Gasteiger partial charge in [0.2, 0.25) is 0 Å². The second-order valence-corrected chi connectivity index (χ2v) is 8.93. The van der Waals surface area contributed by atoms with E-state index in [1.54, 1.807) is 0 Å². The predicted octanol–water partition coefficient (Wildman–Crippen LogP) is 7.12. The summed E-state index contributed by atoms with van der Waals surface area (Å²) in [5.74, 6) is 0. The molecule has 0 bridgehead atoms. The second-order valence-electron chi connectivity index (χ2n) is 8.93. The van der Waals surface area contributed by atoms with E-state index in [1.165, 1.54) is 64.6 Å². The first-order chi connectivity index (χ1) is 17.6. The molecule has 0 heterocycles. The average Bonchev–Trinajstić information content (AvgIpc) is 2.91. The summed E-state index contributed by atoms with van der Waals surface area (Å²) < 4.78 is 0. The molecule has 4 heteroatoms. The molecule has 0 aliphatic carbocycles. The highest BCUT2D eigenvalue weighted by atomic mass is 16.5. The summed E-state index contributed by atoms with van der Waals surface area (Å²) in [5.41, 5.74) is 0. The van der Waals surface area contributed by atoms with Crippen LogP contribution in [0.2, 0.25) is 0 Å². The minimum Gasteiger partial charge on any atom is -0.402 e. The van der Waals surface area contributed by atoms with Crippen LogP contribution in [0.15, 0.2) is 121 Å². The Morgan fingerprint density at radius 3 is 0.556 bits per heavy atom. The maximum Gasteiger partial charge on any atom is 0.631 e. The highest BCUT2D eigenvalue weighted by molar-refractivity contribution is 6.30. The molecule has 0 saturated carbocycles. The summed E-state index contributed by atoms with van der Waals surface area (Å²) >= 11 is 0. The third-order valence-electron chi connectivity index (χ3n) is 6.79. The van der Waals surface area contributed by atoms with Gasteiger partial charge in [-0.25, -0.2) is 0 Å². The summed E-state index contributed by atoms with van der Waals surface area (Å²) in [6, 6.07) is 43.7. The summed E-state index contributed by atoms with van der Waals surface area (Å²) in [7, 11) is -2.17. The topological polar surface area (TPSA) is 60.7 Å². The van der Waals surface area contributed by atoms with Crippen LogP contribution in [0.1, 0.15) is 0 Å². The standard InChI is InChI=1S/2C16H10.BH3O3/c2*1-3-11-7-9-13-5-2-6-14-10-8-12(4-1)15(11)16(13)14;2-1(3)4/h2*1-10H;2-4H. The molecule has 3 N–H and O–H groups in total. The fourth-order valence-corrected chi connectivity index (χ4v) is 5.34. The summed E-state index contributed by atoms with van der Waals surface area (Å²) in [6.45, 7) is 0. The van der Waals surface area contributed by atoms with E-state index in [-0.39, 0.29) is 0 Å². The van der Waals surface area contributed by atoms with Crippen molar-refractivity contribution in [1.82, 2.24) is 0 Å². The fraction of sp³-hybridized carbons (Fsp3) is 0. The SMILES string of the molecule is OB(O)O.c1cc2ccc3cccc4ccc(c1)c2c34.c1cc2ccc3cccc4ccc(c1)c2c34. The van der Waals surface area contributed by atoms with Gasteiger partial charge < -0.3 is 15.1 Å². The van der Waals surface area contributed by atoms with Crippen molar-refractivity contribution in [3.05, 3.63) is 121 Å². The smallest absolute Gasteiger partial charge is 0.402 e. The molecule has 36 heavy (non-hydrogen) atoms. The van der Waals surface area contributed by atoms with Gasteiger partial charge in [0.15, 0.2) is 0 Å². The molecular formula is C32H23BO3. The molecule has 0 unspecified atom stereocenters. The number of hydrogen-bond donors (Lipinski definition) is 3. The van der Waals surface area contributed by atoms with E-state index in [0.29, 0.717) is 0 Å². The van der Waals surface area contributed by atoms with E-state index in [1.807, 2.05) is 0 Å². The highest BCUT2D eigenvalue weighted by Crippen LogP contribution is 2.35. The highest BCUT2D eigenvalue weighted by Gasteiger charge is 2.07. The molecule has 0 spiro atoms. The normalized spacial score (nSPS) is 11.2. The molecule has 0 aliphatic rings. The molecule has 0 saturated heterocycles. The molecule has 0 atom stereocenters. The van der Waals surface area contributed by atoms with Gasteiger partial charge in [-0.3, -0.25) is 0 Å². The van der Waals surface area contributed by atoms with Crippen molar-refractivity contribution < 1.29 is 15.1 Å². The Morgan fingerprint density at radius 1 is 0.278 bits per heavy atom. The lowest BCUT2D eigenvalue weighted by molar-refractivity contribution is 0.278. The zero-order valence-electron chi connectivity index (χ0n) is 19.5. The van der Waals surface area contributed by atoms with Gasteiger partial charge in [-0.1, -0.05) is 121 Å². The molecule has 3 nitrogen and oxygen atoms in total. The summed E-state index contributed by atoms with van der Waals surface area (Å²) in [5, 5.41) is 37.8. The fourth-order valence-electron chi connectivity index (χ4n) is 5.34. The number of benzene rings is 8. The van der Waals surface area contributed by atoms with E-state index in [2.05, 4.69) is 121 Å². The maximum atomic E-state index is 7.17. The van der Waals surface area contributed by atoms with Gasteiger partial charge in [0.1, 0.15) is 0 Å². The molecule has 0 aliphatic heterocycles. The second kappa shape index (κ2) is 9.10. The Kier molecular flexibility index (Phi) is 5.63. The van der Waals surface area contributed by atoms with Crippen LogP contribution >= 0.6 is 0 Å². The van der Waals surface area contributed by atoms with Crippen LogP contribution in [0.3, 0.4) is 0 Å². The molecule has 0 radical (unpaired) electrons. The van der Waals surface area contributed by atoms with Gasteiger partial charge in [-0.05, 0) is 64.6 Å². The van der Waals surface area contributed by atoms with Crippen LogP contribution in [0.4, 0.5) is 0 Å². The van der Waals surface area contributed by atoms with Crippen LogP contribution < -0.4 is 0 Å². The molecular weight excluding hydrogens is 443 g/mol. The summed E-state index contributed by atoms with van der Waals surface area (Å²) in [6.07, 6.45) is 0. The van der Waals surface area contributed by atoms with Crippen molar-refractivity contribution in [2.24, 2.45) is 0 Å². The minimum absolute atomic E-state index is 1.34. The van der Waals surface area contributed by atoms with Crippen molar-refractivity contribution in [3.8, 4) is 0 Å². The first-order valence-corrected chi connectivity index (χ1v) is 11.9. The Labute approximate surface area is 208 Å². The van der Waals surface area contributed by atoms with Gasteiger partial charge in [0, 0.05) is 0 Å². The quantitative estimate of drug-likeness (QED) is 0.165. The van der Waals surface area contributed by atoms with Gasteiger partial charge in [0.25, 0.3) is 0 Å². The molecule has 172 valence electrons. The van der Waals surface area contributed by atoms with E-state index in [9.17, 15) is 0 Å². The molecule has 0 fully saturated rings. The Morgan fingerprint density at radius 2 is 0.417 bits per heavy atom. The monoisotopic (exact) mass is 466 g/mol. The predicted molar refractivity (Wildman–Crippen MR) is 153 cm³/mol. The lowest BCUT2D eigenvalue weighted by Gasteiger charge is -2.09. The Balaban J connectivity index is 0.000000117. The molecule has 8 aromatic rings. The zero-order valence-corrected chi connectivity index (χ0v) is 19.5. The van der Waals surface area contributed by atoms with Crippen molar-refractivity contribution in [1.29, 1.82) is 0 Å². The van der Waals surface area contributed by atoms with Crippen LogP contribution in [0, 0.1) is 0 Å². The first-order valence-electron chi connectivity index (χ1n) is 11.9. The van der Waals surface area contributed by atoms with E-state index in [0.717, 1.165) is 0 Å². The molecule has 0 aromatic heterocycles. The van der Waals surface area contributed by atoms with Crippen molar-refractivity contribution in [2.75, 3.05) is 0 Å². The van der Waals surface area contributed by atoms with Crippen LogP contribution in [-0.4, -0.2) is 22.4 Å². The lowest BCUT2D eigenvalue weighted by Crippen LogP contribution is -2.07. The zero-order chi connectivity index (χ0) is 24.6. The number of rotatable bonds is 0. The Bertz CT molecular complexity index is 1540. The van der Waals surface area contributed by atoms with Gasteiger partial charge in [0.05, 0.1) is 0 Å². The maximum absolute atomic E-state index is 7.17. The van der Waals surface area contributed by atoms with E-state index >= 15 is 0 Å². The first kappa shape index (κ1) is 22.3. The van der Waals surface area contributed by atoms with Gasteiger partial charge in [-0.2, -0.15) is 0 Å². The summed E-state index contributed by atoms with van der Waals surface area (Å²) in [4.78, 5) is 0. The molecule has 8 rings (SSSR count). The lowest BCUT2D eigenvalue weighted by atomic mass is 9.95. The Hall–Kier alpha value is -4.22. The van der Waals surface area contributed by atoms with E-state index < -0.39 is 7.32 Å². The minimum atomic E-state index is -2.17. The molecule has 8 aromatic carbocycles. The van der Waals surface area contributed by atoms with E-state index in [4.69, 9.17) is 15.1 Å². The largest absolute Gasteiger partial charge is 0.631 e. The number of hydrogen-bond acceptors (Lipinski definition) is 3. The molecule has 0 amide bonds.